The lowest BCUT2D eigenvalue weighted by atomic mass is 9.92. The van der Waals surface area contributed by atoms with E-state index in [-0.39, 0.29) is 51.5 Å². The zero-order valence-corrected chi connectivity index (χ0v) is 44.5. The molecule has 3 N–H and O–H groups in total. The molecule has 4 bridgehead atoms. The van der Waals surface area contributed by atoms with Crippen LogP contribution in [-0.4, -0.2) is 127 Å². The summed E-state index contributed by atoms with van der Waals surface area (Å²) in [6, 6.07) is 10.7. The second kappa shape index (κ2) is 28.1. The molecule has 4 aromatic rings. The quantitative estimate of drug-likeness (QED) is 0.136. The highest BCUT2D eigenvalue weighted by atomic mass is 32.2. The first-order valence-electron chi connectivity index (χ1n) is 23.0. The molecule has 394 valence electrons. The number of carbonyl (C=O) groups is 2. The van der Waals surface area contributed by atoms with Crippen LogP contribution in [0.1, 0.15) is 89.5 Å². The molecule has 6 heterocycles. The van der Waals surface area contributed by atoms with Crippen molar-refractivity contribution in [1.82, 2.24) is 30.2 Å². The van der Waals surface area contributed by atoms with Gasteiger partial charge in [0.1, 0.15) is 53.7 Å². The number of carbonyl (C=O) groups excluding carboxylic acids is 2. The van der Waals surface area contributed by atoms with Crippen LogP contribution in [0.15, 0.2) is 49.1 Å². The van der Waals surface area contributed by atoms with Gasteiger partial charge in [-0.05, 0) is 83.9 Å². The minimum Gasteiger partial charge on any atom is -0.474 e. The van der Waals surface area contributed by atoms with Gasteiger partial charge >= 0.3 is 23.1 Å². The summed E-state index contributed by atoms with van der Waals surface area (Å²) in [6.45, 7) is 22.0. The maximum absolute atomic E-state index is 14.3. The summed E-state index contributed by atoms with van der Waals surface area (Å²) in [7, 11) is 0. The Morgan fingerprint density at radius 3 is 1.49 bits per heavy atom. The number of nitrogens with zero attached hydrogens (tertiary/aromatic N) is 5. The van der Waals surface area contributed by atoms with E-state index in [1.807, 2.05) is 86.3 Å². The van der Waals surface area contributed by atoms with Crippen molar-refractivity contribution in [3.05, 3.63) is 82.9 Å². The highest BCUT2D eigenvalue weighted by Gasteiger charge is 2.44. The third-order valence-electron chi connectivity index (χ3n) is 11.1. The summed E-state index contributed by atoms with van der Waals surface area (Å²) < 4.78 is 89.8. The molecule has 4 fully saturated rings. The van der Waals surface area contributed by atoms with Gasteiger partial charge in [-0.2, -0.15) is 16.8 Å². The largest absolute Gasteiger partial charge is 0.474 e. The number of rotatable bonds is 9. The first-order chi connectivity index (χ1) is 34.1. The highest BCUT2D eigenvalue weighted by Crippen LogP contribution is 2.37. The number of nitrogens with one attached hydrogen (secondary N) is 3. The molecule has 0 radical (unpaired) electrons. The Bertz CT molecular complexity index is 2470. The van der Waals surface area contributed by atoms with E-state index in [0.717, 1.165) is 42.7 Å². The fourth-order valence-electron chi connectivity index (χ4n) is 7.97. The van der Waals surface area contributed by atoms with Crippen LogP contribution in [0.4, 0.5) is 36.6 Å². The molecule has 1 amide bonds. The monoisotopic (exact) mass is 1060 g/mol. The number of benzene rings is 2. The molecule has 4 atom stereocenters. The van der Waals surface area contributed by atoms with E-state index in [2.05, 4.69) is 40.6 Å². The highest BCUT2D eigenvalue weighted by molar-refractivity contribution is 8.14. The van der Waals surface area contributed by atoms with Crippen LogP contribution in [-0.2, 0) is 42.1 Å². The van der Waals surface area contributed by atoms with Crippen molar-refractivity contribution in [2.24, 2.45) is 0 Å². The molecule has 0 spiro atoms. The molecule has 0 saturated carbocycles. The summed E-state index contributed by atoms with van der Waals surface area (Å²) >= 11 is -0.136. The lowest BCUT2D eigenvalue weighted by Crippen LogP contribution is -2.60. The molecule has 4 saturated heterocycles. The van der Waals surface area contributed by atoms with Crippen LogP contribution < -0.4 is 25.4 Å². The van der Waals surface area contributed by atoms with Gasteiger partial charge in [0.25, 0.3) is 11.7 Å². The van der Waals surface area contributed by atoms with Crippen LogP contribution in [0.3, 0.4) is 0 Å². The van der Waals surface area contributed by atoms with Crippen molar-refractivity contribution < 1.29 is 58.9 Å². The standard InChI is InChI=1S/C24H31FN4O3S.C19H23FN4O2.C5H10O2.2O2S/c1-14-6-7-20(19(25)8-14)28-21-15(2)22(27-13-26-21)32-18-9-16-11-31-12-17(10-18)29(16)23(30)33-24(3,4)5;1-11-3-4-17(16(20)5-11)24-18-12(2)19(22-10-21-18)26-15-6-13-8-25-9-14(7-15)23-13;1-5(2,3)7-4-6;2*1-3-2/h6-8,13,16-18H,9-12H2,1-5H3,(H,26,27,28);3-5,10,13-15,23H,6-9H2,1-2H3,(H,21,22,24);4H,1-3H3;;. The lowest BCUT2D eigenvalue weighted by Gasteiger charge is -2.48. The number of aryl methyl sites for hydroxylation is 2. The van der Waals surface area contributed by atoms with Crippen LogP contribution in [0, 0.1) is 39.3 Å². The van der Waals surface area contributed by atoms with Crippen molar-refractivity contribution in [2.45, 2.75) is 142 Å². The number of halogens is 2. The van der Waals surface area contributed by atoms with Gasteiger partial charge in [-0.1, -0.05) is 44.7 Å². The Balaban J connectivity index is 0.000000256. The Labute approximate surface area is 430 Å². The zero-order chi connectivity index (χ0) is 53.2. The van der Waals surface area contributed by atoms with Crippen LogP contribution in [0.5, 0.6) is 11.8 Å². The molecule has 24 heteroatoms. The zero-order valence-electron chi connectivity index (χ0n) is 42.0. The third kappa shape index (κ3) is 18.8. The minimum atomic E-state index is -0.750. The molecule has 4 unspecified atom stereocenters. The maximum atomic E-state index is 14.3. The molecule has 2 aromatic heterocycles. The predicted octanol–water partition coefficient (Wildman–Crippen LogP) is 7.73. The van der Waals surface area contributed by atoms with Crippen molar-refractivity contribution in [3.8, 4) is 11.8 Å². The third-order valence-corrected chi connectivity index (χ3v) is 12.1. The predicted molar refractivity (Wildman–Crippen MR) is 269 cm³/mol. The second-order valence-corrected chi connectivity index (χ2v) is 21.3. The first-order valence-corrected chi connectivity index (χ1v) is 25.1. The van der Waals surface area contributed by atoms with Crippen molar-refractivity contribution in [1.29, 1.82) is 0 Å². The number of ether oxygens (including phenoxy) is 5. The SMILES string of the molecule is CC(C)(C)OC=O.Cc1ccc(Nc2ncnc(OC3CC4COCC(C3)N4)c2C)c(F)c1.Cc1ccc(Nc2ncnc(OC3CC4COCC(C3)N4C(=O)SC(C)(C)C)c2C)c(F)c1.O=S=O.O=S=O. The van der Waals surface area contributed by atoms with Crippen LogP contribution >= 0.6 is 11.8 Å². The van der Waals surface area contributed by atoms with Gasteiger partial charge in [0.2, 0.25) is 11.8 Å². The van der Waals surface area contributed by atoms with Gasteiger partial charge in [0.15, 0.2) is 0 Å². The van der Waals surface area contributed by atoms with Crippen molar-refractivity contribution in [2.75, 3.05) is 37.1 Å². The maximum Gasteiger partial charge on any atom is 0.335 e. The van der Waals surface area contributed by atoms with E-state index in [1.165, 1.54) is 36.5 Å². The van der Waals surface area contributed by atoms with E-state index in [0.29, 0.717) is 84.9 Å². The average molecular weight is 1060 g/mol. The van der Waals surface area contributed by atoms with Gasteiger partial charge in [0, 0.05) is 42.5 Å². The van der Waals surface area contributed by atoms with Crippen LogP contribution in [0.25, 0.3) is 0 Å². The fourth-order valence-corrected chi connectivity index (χ4v) is 8.90. The van der Waals surface area contributed by atoms with E-state index in [9.17, 15) is 18.4 Å². The van der Waals surface area contributed by atoms with Crippen molar-refractivity contribution >= 4 is 69.6 Å². The van der Waals surface area contributed by atoms with Gasteiger partial charge in [0.05, 0.1) is 61.0 Å². The van der Waals surface area contributed by atoms with E-state index in [1.54, 1.807) is 12.1 Å². The number of hydrogen-bond donors (Lipinski definition) is 3. The molecule has 8 rings (SSSR count). The number of fused-ring (bicyclic) bond motifs is 4. The molecule has 0 aliphatic carbocycles. The van der Waals surface area contributed by atoms with E-state index < -0.39 is 23.1 Å². The molecule has 4 aliphatic heterocycles. The number of anilines is 4. The lowest BCUT2D eigenvalue weighted by molar-refractivity contribution is -0.138. The van der Waals surface area contributed by atoms with Crippen molar-refractivity contribution in [3.63, 3.8) is 0 Å². The van der Waals surface area contributed by atoms with Crippen LogP contribution in [0.2, 0.25) is 0 Å². The average Bonchev–Trinajstić information content (AvgIpc) is 3.28. The fraction of sp³-hybridized carbons (Fsp3) is 0.542. The minimum absolute atomic E-state index is 0.0220. The number of hydrogen-bond acceptors (Lipinski definition) is 19. The summed E-state index contributed by atoms with van der Waals surface area (Å²) in [5.41, 5.74) is 3.62. The number of amides is 1. The van der Waals surface area contributed by atoms with Gasteiger partial charge in [-0.3, -0.25) is 9.59 Å². The molecular formula is C48H64F2N8O11S3. The molecule has 2 aromatic carbocycles. The Morgan fingerprint density at radius 1 is 0.694 bits per heavy atom. The Morgan fingerprint density at radius 2 is 1.11 bits per heavy atom. The second-order valence-electron chi connectivity index (χ2n) is 19.2. The molecule has 72 heavy (non-hydrogen) atoms. The summed E-state index contributed by atoms with van der Waals surface area (Å²) in [5.74, 6) is 1.41. The summed E-state index contributed by atoms with van der Waals surface area (Å²) in [6.07, 6.45) is 5.97. The number of morpholine rings is 2. The molecule has 4 aliphatic rings. The van der Waals surface area contributed by atoms with Gasteiger partial charge < -0.3 is 44.5 Å². The molecular weight excluding hydrogens is 999 g/mol. The summed E-state index contributed by atoms with van der Waals surface area (Å²) in [5, 5.41) is 9.74. The van der Waals surface area contributed by atoms with E-state index >= 15 is 0 Å². The topological polar surface area (TPSA) is 239 Å². The first kappa shape index (κ1) is 59.0. The molecule has 19 nitrogen and oxygen atoms in total. The Kier molecular flexibility index (Phi) is 23.0. The van der Waals surface area contributed by atoms with Gasteiger partial charge in [-0.15, -0.1) is 0 Å². The normalized spacial score (nSPS) is 20.8. The van der Waals surface area contributed by atoms with E-state index in [4.69, 9.17) is 35.8 Å². The Hall–Kier alpha value is -5.53. The number of aromatic nitrogens is 4. The summed E-state index contributed by atoms with van der Waals surface area (Å²) in [4.78, 5) is 41.7. The smallest absolute Gasteiger partial charge is 0.335 e. The number of piperidine rings is 2. The number of thioether (sulfide) groups is 1. The van der Waals surface area contributed by atoms with Gasteiger partial charge in [-0.25, -0.2) is 28.7 Å².